The average molecular weight is 374 g/mol. The standard InChI is InChI=1S/C12H24O7P2S/c13-18-21(22,17-12-9-5-2-6-10-12)19-20(14,15)16-11-7-3-1-4-8-11/h11-13H,1-10H2,(H,14,15). The summed E-state index contributed by atoms with van der Waals surface area (Å²) in [6.07, 6.45) is 8.49. The van der Waals surface area contributed by atoms with E-state index in [0.29, 0.717) is 12.8 Å². The molecule has 0 radical (unpaired) electrons. The molecule has 0 spiro atoms. The fourth-order valence-corrected chi connectivity index (χ4v) is 6.67. The molecule has 10 heteroatoms. The molecule has 0 aromatic rings. The first kappa shape index (κ1) is 19.0. The minimum absolute atomic E-state index is 0.221. The highest BCUT2D eigenvalue weighted by Crippen LogP contribution is 2.65. The Balaban J connectivity index is 1.91. The molecular weight excluding hydrogens is 350 g/mol. The largest absolute Gasteiger partial charge is 0.479 e. The van der Waals surface area contributed by atoms with Crippen LogP contribution in [0.4, 0.5) is 0 Å². The SMILES string of the molecule is O=P(O)(OC1CCCCC1)OP(=S)(OO)OC1CCCCC1. The third-order valence-electron chi connectivity index (χ3n) is 3.97. The second-order valence-electron chi connectivity index (χ2n) is 5.81. The van der Waals surface area contributed by atoms with Gasteiger partial charge in [-0.15, -0.1) is 0 Å². The fraction of sp³-hybridized carbons (Fsp3) is 1.00. The van der Waals surface area contributed by atoms with Gasteiger partial charge in [-0.3, -0.25) is 4.52 Å². The zero-order chi connectivity index (χ0) is 16.1. The summed E-state index contributed by atoms with van der Waals surface area (Å²) in [5.74, 6) is 0. The van der Waals surface area contributed by atoms with Crippen LogP contribution in [-0.2, 0) is 34.4 Å². The van der Waals surface area contributed by atoms with Crippen LogP contribution < -0.4 is 0 Å². The molecule has 0 bridgehead atoms. The molecule has 0 amide bonds. The van der Waals surface area contributed by atoms with Crippen molar-refractivity contribution in [3.8, 4) is 0 Å². The van der Waals surface area contributed by atoms with Gasteiger partial charge in [-0.1, -0.05) is 38.5 Å². The van der Waals surface area contributed by atoms with Crippen LogP contribution in [0.1, 0.15) is 64.2 Å². The summed E-state index contributed by atoms with van der Waals surface area (Å²) in [7, 11) is -4.43. The van der Waals surface area contributed by atoms with E-state index in [1.165, 1.54) is 0 Å². The molecule has 130 valence electrons. The van der Waals surface area contributed by atoms with E-state index in [1.54, 1.807) is 0 Å². The van der Waals surface area contributed by atoms with Crippen molar-refractivity contribution in [2.24, 2.45) is 0 Å². The van der Waals surface area contributed by atoms with Crippen LogP contribution in [0, 0.1) is 0 Å². The molecule has 0 aliphatic heterocycles. The molecule has 22 heavy (non-hydrogen) atoms. The molecule has 2 atom stereocenters. The van der Waals surface area contributed by atoms with Crippen LogP contribution in [0.25, 0.3) is 0 Å². The minimum atomic E-state index is -4.43. The van der Waals surface area contributed by atoms with Crippen molar-refractivity contribution >= 4 is 26.3 Å². The van der Waals surface area contributed by atoms with Gasteiger partial charge in [-0.2, -0.15) is 4.67 Å². The zero-order valence-electron chi connectivity index (χ0n) is 12.5. The number of hydrogen-bond donors (Lipinski definition) is 2. The molecule has 2 unspecified atom stereocenters. The van der Waals surface area contributed by atoms with Gasteiger partial charge in [0.2, 0.25) is 0 Å². The van der Waals surface area contributed by atoms with Crippen molar-refractivity contribution in [3.05, 3.63) is 0 Å². The van der Waals surface area contributed by atoms with E-state index in [1.807, 2.05) is 0 Å². The van der Waals surface area contributed by atoms with Gasteiger partial charge in [-0.25, -0.2) is 14.1 Å². The van der Waals surface area contributed by atoms with Crippen LogP contribution >= 0.6 is 14.5 Å². The number of phosphoric acid groups is 1. The first-order valence-corrected chi connectivity index (χ1v) is 11.8. The lowest BCUT2D eigenvalue weighted by Gasteiger charge is -2.29. The molecule has 7 nitrogen and oxygen atoms in total. The number of rotatable bonds is 7. The molecule has 0 heterocycles. The third kappa shape index (κ3) is 6.27. The normalized spacial score (nSPS) is 27.2. The third-order valence-corrected chi connectivity index (χ3v) is 7.97. The maximum absolute atomic E-state index is 12.1. The van der Waals surface area contributed by atoms with Gasteiger partial charge in [0.05, 0.1) is 12.2 Å². The summed E-state index contributed by atoms with van der Waals surface area (Å²) < 4.78 is 31.8. The van der Waals surface area contributed by atoms with Crippen molar-refractivity contribution in [2.75, 3.05) is 0 Å². The van der Waals surface area contributed by atoms with E-state index in [-0.39, 0.29) is 12.2 Å². The lowest BCUT2D eigenvalue weighted by atomic mass is 9.98. The van der Waals surface area contributed by atoms with Crippen LogP contribution in [0.15, 0.2) is 0 Å². The Hall–Kier alpha value is 0.640. The molecule has 2 saturated carbocycles. The predicted molar refractivity (Wildman–Crippen MR) is 84.8 cm³/mol. The molecule has 2 aliphatic carbocycles. The molecule has 2 fully saturated rings. The molecule has 0 saturated heterocycles. The molecule has 2 rings (SSSR count). The smallest absolute Gasteiger partial charge is 0.303 e. The Kier molecular flexibility index (Phi) is 7.46. The van der Waals surface area contributed by atoms with Crippen LogP contribution in [0.3, 0.4) is 0 Å². The topological polar surface area (TPSA) is 94.5 Å². The van der Waals surface area contributed by atoms with E-state index in [9.17, 15) is 9.46 Å². The van der Waals surface area contributed by atoms with E-state index in [2.05, 4.69) is 4.67 Å². The van der Waals surface area contributed by atoms with Gasteiger partial charge in [0, 0.05) is 0 Å². The lowest BCUT2D eigenvalue weighted by Crippen LogP contribution is -2.18. The van der Waals surface area contributed by atoms with Gasteiger partial charge in [0.1, 0.15) is 0 Å². The molecule has 2 aliphatic rings. The Labute approximate surface area is 136 Å². The summed E-state index contributed by atoms with van der Waals surface area (Å²) in [5, 5.41) is 8.99. The van der Waals surface area contributed by atoms with Gasteiger partial charge in [-0.05, 0) is 37.5 Å². The molecule has 2 N–H and O–H groups in total. The number of phosphoric ester groups is 1. The van der Waals surface area contributed by atoms with E-state index < -0.39 is 14.5 Å². The summed E-state index contributed by atoms with van der Waals surface area (Å²) >= 11 is 4.98. The van der Waals surface area contributed by atoms with Crippen LogP contribution in [0.5, 0.6) is 0 Å². The monoisotopic (exact) mass is 374 g/mol. The maximum Gasteiger partial charge on any atom is 0.479 e. The van der Waals surface area contributed by atoms with E-state index in [0.717, 1.165) is 51.4 Å². The van der Waals surface area contributed by atoms with E-state index in [4.69, 9.17) is 30.4 Å². The Morgan fingerprint density at radius 3 is 1.77 bits per heavy atom. The first-order chi connectivity index (χ1) is 10.4. The molecule has 0 aromatic carbocycles. The summed E-state index contributed by atoms with van der Waals surface area (Å²) in [6, 6.07) is 0. The van der Waals surface area contributed by atoms with Crippen LogP contribution in [0.2, 0.25) is 0 Å². The van der Waals surface area contributed by atoms with Crippen LogP contribution in [-0.4, -0.2) is 22.4 Å². The van der Waals surface area contributed by atoms with Crippen molar-refractivity contribution in [3.63, 3.8) is 0 Å². The Morgan fingerprint density at radius 1 is 0.864 bits per heavy atom. The highest BCUT2D eigenvalue weighted by molar-refractivity contribution is 8.08. The van der Waals surface area contributed by atoms with Crippen molar-refractivity contribution < 1.29 is 32.7 Å². The van der Waals surface area contributed by atoms with Crippen molar-refractivity contribution in [2.45, 2.75) is 76.4 Å². The Morgan fingerprint density at radius 2 is 1.32 bits per heavy atom. The van der Waals surface area contributed by atoms with Gasteiger partial charge >= 0.3 is 14.5 Å². The summed E-state index contributed by atoms with van der Waals surface area (Å²) in [4.78, 5) is 9.86. The minimum Gasteiger partial charge on any atom is -0.303 e. The molecule has 0 aromatic heterocycles. The van der Waals surface area contributed by atoms with E-state index >= 15 is 0 Å². The van der Waals surface area contributed by atoms with Gasteiger partial charge in [0.25, 0.3) is 0 Å². The second-order valence-corrected chi connectivity index (χ2v) is 10.2. The van der Waals surface area contributed by atoms with Gasteiger partial charge in [0.15, 0.2) is 0 Å². The second kappa shape index (κ2) is 8.65. The molecular formula is C12H24O7P2S. The van der Waals surface area contributed by atoms with Gasteiger partial charge < -0.3 is 9.42 Å². The quantitative estimate of drug-likeness (QED) is 0.382. The fourth-order valence-electron chi connectivity index (χ4n) is 2.91. The van der Waals surface area contributed by atoms with Crippen molar-refractivity contribution in [1.82, 2.24) is 0 Å². The summed E-state index contributed by atoms with van der Waals surface area (Å²) in [5.41, 5.74) is 0. The Bertz CT molecular complexity index is 435. The highest BCUT2D eigenvalue weighted by Gasteiger charge is 2.38. The van der Waals surface area contributed by atoms with Crippen molar-refractivity contribution in [1.29, 1.82) is 0 Å². The predicted octanol–water partition coefficient (Wildman–Crippen LogP) is 4.52. The maximum atomic E-state index is 12.1. The number of hydrogen-bond acceptors (Lipinski definition) is 7. The highest BCUT2D eigenvalue weighted by atomic mass is 32.5. The summed E-state index contributed by atoms with van der Waals surface area (Å²) in [6.45, 7) is -3.71. The lowest BCUT2D eigenvalue weighted by molar-refractivity contribution is -0.154. The average Bonchev–Trinajstić information content (AvgIpc) is 2.48. The first-order valence-electron chi connectivity index (χ1n) is 7.76. The zero-order valence-corrected chi connectivity index (χ0v) is 15.1.